The highest BCUT2D eigenvalue weighted by Gasteiger charge is 2.14. The summed E-state index contributed by atoms with van der Waals surface area (Å²) in [5.74, 6) is 0.304. The van der Waals surface area contributed by atoms with E-state index in [1.165, 1.54) is 0 Å². The first-order valence-electron chi connectivity index (χ1n) is 9.09. The van der Waals surface area contributed by atoms with Crippen molar-refractivity contribution in [3.63, 3.8) is 0 Å². The summed E-state index contributed by atoms with van der Waals surface area (Å²) in [5.41, 5.74) is 1.22. The van der Waals surface area contributed by atoms with Crippen molar-refractivity contribution < 1.29 is 20.9 Å². The summed E-state index contributed by atoms with van der Waals surface area (Å²) in [5, 5.41) is 10.4. The molecular weight excluding hydrogens is 275 g/mol. The first-order valence-corrected chi connectivity index (χ1v) is 6.59. The van der Waals surface area contributed by atoms with Gasteiger partial charge in [0, 0.05) is 16.3 Å². The van der Waals surface area contributed by atoms with Gasteiger partial charge in [0.05, 0.1) is 6.85 Å². The molecule has 0 aliphatic heterocycles. The molecule has 1 N–H and O–H groups in total. The van der Waals surface area contributed by atoms with Crippen molar-refractivity contribution in [2.45, 2.75) is 0 Å². The van der Waals surface area contributed by atoms with Crippen molar-refractivity contribution in [3.8, 4) is 16.9 Å². The predicted molar refractivity (Wildman–Crippen MR) is 87.8 cm³/mol. The van der Waals surface area contributed by atoms with Gasteiger partial charge >= 0.3 is 7.69 Å². The second-order valence-corrected chi connectivity index (χ2v) is 4.64. The zero-order valence-electron chi connectivity index (χ0n) is 16.3. The highest BCUT2D eigenvalue weighted by Crippen LogP contribution is 2.38. The second-order valence-electron chi connectivity index (χ2n) is 4.64. The van der Waals surface area contributed by atoms with Gasteiger partial charge in [-0.05, 0) is 11.6 Å². The summed E-state index contributed by atoms with van der Waals surface area (Å²) in [7, 11) is 0.554. The van der Waals surface area contributed by atoms with Gasteiger partial charge in [-0.25, -0.2) is 0 Å². The molecule has 1 aromatic heterocycles. The molecule has 3 aromatic carbocycles. The molecule has 0 saturated carbocycles. The minimum atomic E-state index is -0.445. The number of para-hydroxylation sites is 2. The number of hydrogen-bond acceptors (Lipinski definition) is 3. The third-order valence-electron chi connectivity index (χ3n) is 3.44. The Bertz CT molecular complexity index is 1180. The van der Waals surface area contributed by atoms with Gasteiger partial charge in [0.15, 0.2) is 5.58 Å². The Labute approximate surface area is 135 Å². The number of furan rings is 1. The molecule has 0 bridgehead atoms. The normalized spacial score (nSPS) is 14.1. The van der Waals surface area contributed by atoms with Crippen LogP contribution in [-0.4, -0.2) is 12.7 Å². The SMILES string of the molecule is [2H]c1c([2H])c([2H])c(-c2cccc3c2oc2c(O[B]O)cccc23)c([2H])c1[2H]. The van der Waals surface area contributed by atoms with Gasteiger partial charge in [-0.3, -0.25) is 0 Å². The molecular formula is C18H12BO3. The highest BCUT2D eigenvalue weighted by molar-refractivity contribution is 6.18. The van der Waals surface area contributed by atoms with Crippen molar-refractivity contribution in [1.29, 1.82) is 0 Å². The minimum absolute atomic E-state index is 0.0712. The maximum atomic E-state index is 8.95. The molecule has 105 valence electrons. The van der Waals surface area contributed by atoms with E-state index < -0.39 is 18.1 Å². The van der Waals surface area contributed by atoms with Crippen molar-refractivity contribution in [2.75, 3.05) is 0 Å². The second kappa shape index (κ2) is 5.24. The first-order chi connectivity index (χ1) is 13.0. The van der Waals surface area contributed by atoms with E-state index in [0.717, 1.165) is 5.39 Å². The van der Waals surface area contributed by atoms with Crippen LogP contribution < -0.4 is 4.65 Å². The minimum Gasteiger partial charge on any atom is -0.535 e. The molecule has 0 aliphatic carbocycles. The monoisotopic (exact) mass is 292 g/mol. The van der Waals surface area contributed by atoms with E-state index in [-0.39, 0.29) is 17.6 Å². The Morgan fingerprint density at radius 2 is 1.68 bits per heavy atom. The summed E-state index contributed by atoms with van der Waals surface area (Å²) >= 11 is 0. The van der Waals surface area contributed by atoms with E-state index in [4.69, 9.17) is 20.9 Å². The van der Waals surface area contributed by atoms with Crippen LogP contribution in [0.1, 0.15) is 6.85 Å². The van der Waals surface area contributed by atoms with Crippen LogP contribution in [0.2, 0.25) is 0 Å². The van der Waals surface area contributed by atoms with Crippen molar-refractivity contribution >= 4 is 29.6 Å². The van der Waals surface area contributed by atoms with Crippen molar-refractivity contribution in [3.05, 3.63) is 66.6 Å². The summed E-state index contributed by atoms with van der Waals surface area (Å²) in [4.78, 5) is 0. The van der Waals surface area contributed by atoms with Crippen LogP contribution in [0.3, 0.4) is 0 Å². The van der Waals surface area contributed by atoms with Crippen LogP contribution in [0.5, 0.6) is 5.75 Å². The third kappa shape index (κ3) is 1.97. The lowest BCUT2D eigenvalue weighted by molar-refractivity contribution is 0.451. The van der Waals surface area contributed by atoms with Gasteiger partial charge in [-0.15, -0.1) is 0 Å². The number of benzene rings is 3. The summed E-state index contributed by atoms with van der Waals surface area (Å²) in [6.45, 7) is 0. The lowest BCUT2D eigenvalue weighted by Gasteiger charge is -2.01. The molecule has 0 atom stereocenters. The fraction of sp³-hybridized carbons (Fsp3) is 0. The molecule has 4 heteroatoms. The van der Waals surface area contributed by atoms with Gasteiger partial charge in [0.2, 0.25) is 0 Å². The van der Waals surface area contributed by atoms with Gasteiger partial charge in [0.1, 0.15) is 11.3 Å². The largest absolute Gasteiger partial charge is 0.569 e. The molecule has 4 rings (SSSR count). The topological polar surface area (TPSA) is 42.6 Å². The Hall–Kier alpha value is -2.72. The molecule has 0 aliphatic rings. The lowest BCUT2D eigenvalue weighted by Crippen LogP contribution is -1.99. The van der Waals surface area contributed by atoms with E-state index in [2.05, 4.69) is 0 Å². The van der Waals surface area contributed by atoms with Gasteiger partial charge in [-0.1, -0.05) is 60.5 Å². The Kier molecular flexibility index (Phi) is 2.06. The Morgan fingerprint density at radius 3 is 2.45 bits per heavy atom. The van der Waals surface area contributed by atoms with E-state index in [9.17, 15) is 0 Å². The molecule has 4 aromatic rings. The summed E-state index contributed by atoms with van der Waals surface area (Å²) in [6, 6.07) is 8.54. The van der Waals surface area contributed by atoms with Crippen LogP contribution in [0.4, 0.5) is 0 Å². The zero-order chi connectivity index (χ0) is 19.3. The highest BCUT2D eigenvalue weighted by atomic mass is 16.5. The van der Waals surface area contributed by atoms with E-state index in [0.29, 0.717) is 35.6 Å². The van der Waals surface area contributed by atoms with Crippen LogP contribution in [0, 0.1) is 0 Å². The average molecular weight is 292 g/mol. The molecule has 1 heterocycles. The van der Waals surface area contributed by atoms with Crippen LogP contribution in [0.25, 0.3) is 33.1 Å². The van der Waals surface area contributed by atoms with Crippen molar-refractivity contribution in [2.24, 2.45) is 0 Å². The Balaban J connectivity index is 2.11. The van der Waals surface area contributed by atoms with Gasteiger partial charge in [-0.2, -0.15) is 0 Å². The van der Waals surface area contributed by atoms with Crippen LogP contribution in [0.15, 0.2) is 71.0 Å². The average Bonchev–Trinajstić information content (AvgIpc) is 3.06. The van der Waals surface area contributed by atoms with Gasteiger partial charge < -0.3 is 14.1 Å². The fourth-order valence-corrected chi connectivity index (χ4v) is 2.53. The molecule has 0 saturated heterocycles. The first kappa shape index (κ1) is 8.66. The standard InChI is InChI=1S/C18H12BO3/c20-19-22-16-11-5-10-15-14-9-4-8-13(17(14)21-18(15)16)12-6-2-1-3-7-12/h1-11,20H/i1D,2D,3D,6D,7D. The maximum absolute atomic E-state index is 8.95. The summed E-state index contributed by atoms with van der Waals surface area (Å²) < 4.78 is 51.0. The summed E-state index contributed by atoms with van der Waals surface area (Å²) in [6.07, 6.45) is 0. The van der Waals surface area contributed by atoms with Crippen LogP contribution in [-0.2, 0) is 0 Å². The smallest absolute Gasteiger partial charge is 0.535 e. The van der Waals surface area contributed by atoms with E-state index >= 15 is 0 Å². The molecule has 3 nitrogen and oxygen atoms in total. The maximum Gasteiger partial charge on any atom is 0.569 e. The lowest BCUT2D eigenvalue weighted by atomic mass is 10.0. The van der Waals surface area contributed by atoms with E-state index in [1.807, 2.05) is 12.1 Å². The molecule has 0 unspecified atom stereocenters. The quantitative estimate of drug-likeness (QED) is 0.577. The zero-order valence-corrected chi connectivity index (χ0v) is 11.3. The number of rotatable bonds is 3. The van der Waals surface area contributed by atoms with Crippen LogP contribution >= 0.6 is 0 Å². The fourth-order valence-electron chi connectivity index (χ4n) is 2.53. The van der Waals surface area contributed by atoms with Crippen molar-refractivity contribution in [1.82, 2.24) is 0 Å². The molecule has 0 amide bonds. The van der Waals surface area contributed by atoms with E-state index in [1.54, 1.807) is 24.3 Å². The predicted octanol–water partition coefficient (Wildman–Crippen LogP) is 4.16. The molecule has 1 radical (unpaired) electrons. The number of fused-ring (bicyclic) bond motifs is 3. The number of hydrogen-bond donors (Lipinski definition) is 1. The molecule has 0 spiro atoms. The Morgan fingerprint density at radius 1 is 0.955 bits per heavy atom. The molecule has 22 heavy (non-hydrogen) atoms. The third-order valence-corrected chi connectivity index (χ3v) is 3.44. The molecule has 0 fully saturated rings. The van der Waals surface area contributed by atoms with Gasteiger partial charge in [0.25, 0.3) is 0 Å².